The number of ketones is 1. The van der Waals surface area contributed by atoms with Gasteiger partial charge in [-0.3, -0.25) is 9.59 Å². The number of carboxylic acids is 1. The van der Waals surface area contributed by atoms with E-state index in [1.165, 1.54) is 6.08 Å². The van der Waals surface area contributed by atoms with Gasteiger partial charge in [0, 0.05) is 31.8 Å². The first kappa shape index (κ1) is 27.6. The van der Waals surface area contributed by atoms with Gasteiger partial charge >= 0.3 is 5.97 Å². The van der Waals surface area contributed by atoms with Crippen molar-refractivity contribution in [1.82, 2.24) is 0 Å². The van der Waals surface area contributed by atoms with Crippen molar-refractivity contribution >= 4 is 11.8 Å². The zero-order chi connectivity index (χ0) is 24.3. The molecule has 188 valence electrons. The number of aliphatic hydroxyl groups excluding tert-OH is 1. The zero-order valence-corrected chi connectivity index (χ0v) is 19.5. The Hall–Kier alpha value is -1.64. The predicted octanol–water partition coefficient (Wildman–Crippen LogP) is 5.19. The monoisotopic (exact) mass is 472 g/mol. The molecule has 1 saturated heterocycles. The van der Waals surface area contributed by atoms with Crippen molar-refractivity contribution in [2.24, 2.45) is 5.92 Å². The SMILES string of the molecule is CCCCC(OC1CCCCO1)C(F)(F)CC=C1C(=O)C[C@H](O)[C@@H]1CC=CCCCC(=O)O. The summed E-state index contributed by atoms with van der Waals surface area (Å²) in [5.74, 6) is -4.85. The molecule has 8 heteroatoms. The van der Waals surface area contributed by atoms with Crippen molar-refractivity contribution in [3.8, 4) is 0 Å². The highest BCUT2D eigenvalue weighted by Crippen LogP contribution is 2.36. The standard InChI is InChI=1S/C25H38F2O6/c1-2-3-11-22(33-24-13-8-9-16-32-24)25(26,27)15-14-19-18(20(28)17-21(19)29)10-6-4-5-7-12-23(30)31/h4,6,14,18,20,22,24,28H,2-3,5,7-13,15-17H2,1H3,(H,30,31)/t18-,20+,22?,24?/m1/s1. The topological polar surface area (TPSA) is 93.1 Å². The van der Waals surface area contributed by atoms with E-state index in [0.717, 1.165) is 19.3 Å². The van der Waals surface area contributed by atoms with E-state index in [4.69, 9.17) is 14.6 Å². The van der Waals surface area contributed by atoms with E-state index in [1.807, 2.05) is 13.0 Å². The molecule has 1 aliphatic heterocycles. The molecule has 0 radical (unpaired) electrons. The van der Waals surface area contributed by atoms with Crippen molar-refractivity contribution in [3.05, 3.63) is 23.8 Å². The van der Waals surface area contributed by atoms with Gasteiger partial charge in [0.05, 0.1) is 6.10 Å². The molecule has 1 aliphatic carbocycles. The third kappa shape index (κ3) is 9.26. The molecule has 1 heterocycles. The summed E-state index contributed by atoms with van der Waals surface area (Å²) < 4.78 is 41.5. The van der Waals surface area contributed by atoms with Crippen LogP contribution in [0.5, 0.6) is 0 Å². The van der Waals surface area contributed by atoms with E-state index in [-0.39, 0.29) is 30.6 Å². The average molecular weight is 473 g/mol. The maximum absolute atomic E-state index is 15.2. The highest BCUT2D eigenvalue weighted by molar-refractivity contribution is 5.98. The lowest BCUT2D eigenvalue weighted by atomic mass is 9.93. The van der Waals surface area contributed by atoms with E-state index in [2.05, 4.69) is 0 Å². The number of hydrogen-bond donors (Lipinski definition) is 2. The minimum atomic E-state index is -3.16. The van der Waals surface area contributed by atoms with Crippen LogP contribution in [-0.2, 0) is 19.1 Å². The number of rotatable bonds is 14. The minimum absolute atomic E-state index is 0.0688. The normalized spacial score (nSPS) is 26.4. The number of alkyl halides is 2. The van der Waals surface area contributed by atoms with Crippen molar-refractivity contribution in [2.45, 2.75) is 108 Å². The Morgan fingerprint density at radius 3 is 2.76 bits per heavy atom. The van der Waals surface area contributed by atoms with E-state index < -0.39 is 42.7 Å². The fourth-order valence-corrected chi connectivity index (χ4v) is 4.29. The molecule has 2 fully saturated rings. The van der Waals surface area contributed by atoms with E-state index in [1.54, 1.807) is 6.08 Å². The van der Waals surface area contributed by atoms with Gasteiger partial charge in [0.15, 0.2) is 12.1 Å². The molecule has 2 N–H and O–H groups in total. The predicted molar refractivity (Wildman–Crippen MR) is 120 cm³/mol. The van der Waals surface area contributed by atoms with Crippen molar-refractivity contribution in [2.75, 3.05) is 6.61 Å². The van der Waals surface area contributed by atoms with Gasteiger partial charge in [-0.05, 0) is 50.5 Å². The third-order valence-corrected chi connectivity index (χ3v) is 6.24. The number of unbranched alkanes of at least 4 members (excludes halogenated alkanes) is 2. The lowest BCUT2D eigenvalue weighted by molar-refractivity contribution is -0.240. The summed E-state index contributed by atoms with van der Waals surface area (Å²) >= 11 is 0. The molecule has 33 heavy (non-hydrogen) atoms. The molecule has 0 amide bonds. The molecule has 2 unspecified atom stereocenters. The van der Waals surface area contributed by atoms with Gasteiger partial charge in [0.1, 0.15) is 6.10 Å². The van der Waals surface area contributed by atoms with Crippen LogP contribution in [0.15, 0.2) is 23.8 Å². The Bertz CT molecular complexity index is 684. The number of ether oxygens (including phenoxy) is 2. The molecule has 0 spiro atoms. The maximum Gasteiger partial charge on any atom is 0.303 e. The molecule has 6 nitrogen and oxygen atoms in total. The summed E-state index contributed by atoms with van der Waals surface area (Å²) in [6.07, 6.45) is 6.86. The Kier molecular flexibility index (Phi) is 11.6. The van der Waals surface area contributed by atoms with Crippen molar-refractivity contribution in [1.29, 1.82) is 0 Å². The van der Waals surface area contributed by atoms with Crippen LogP contribution in [0.4, 0.5) is 8.78 Å². The quantitative estimate of drug-likeness (QED) is 0.205. The first-order valence-electron chi connectivity index (χ1n) is 12.2. The van der Waals surface area contributed by atoms with Gasteiger partial charge in [0.25, 0.3) is 5.92 Å². The van der Waals surface area contributed by atoms with Crippen LogP contribution in [-0.4, -0.2) is 53.0 Å². The van der Waals surface area contributed by atoms with Crippen LogP contribution in [0.1, 0.15) is 84.0 Å². The van der Waals surface area contributed by atoms with Crippen LogP contribution in [0.3, 0.4) is 0 Å². The van der Waals surface area contributed by atoms with Gasteiger partial charge in [0.2, 0.25) is 0 Å². The molecule has 1 saturated carbocycles. The lowest BCUT2D eigenvalue weighted by Crippen LogP contribution is -2.40. The number of halogens is 2. The average Bonchev–Trinajstić information content (AvgIpc) is 3.04. The van der Waals surface area contributed by atoms with Gasteiger partial charge in [-0.25, -0.2) is 8.78 Å². The van der Waals surface area contributed by atoms with Crippen LogP contribution in [0.25, 0.3) is 0 Å². The van der Waals surface area contributed by atoms with Gasteiger partial charge < -0.3 is 19.7 Å². The summed E-state index contributed by atoms with van der Waals surface area (Å²) in [5, 5.41) is 18.9. The fourth-order valence-electron chi connectivity index (χ4n) is 4.29. The highest BCUT2D eigenvalue weighted by Gasteiger charge is 2.42. The number of aliphatic hydroxyl groups is 1. The lowest BCUT2D eigenvalue weighted by Gasteiger charge is -2.32. The van der Waals surface area contributed by atoms with Crippen molar-refractivity contribution < 1.29 is 38.1 Å². The largest absolute Gasteiger partial charge is 0.481 e. The molecule has 0 aromatic carbocycles. The second-order valence-corrected chi connectivity index (χ2v) is 8.98. The second kappa shape index (κ2) is 13.9. The molecular weight excluding hydrogens is 434 g/mol. The Morgan fingerprint density at radius 2 is 2.09 bits per heavy atom. The van der Waals surface area contributed by atoms with Gasteiger partial charge in [-0.1, -0.05) is 38.0 Å². The Labute approximate surface area is 195 Å². The number of carbonyl (C=O) groups is 2. The minimum Gasteiger partial charge on any atom is -0.481 e. The third-order valence-electron chi connectivity index (χ3n) is 6.24. The fraction of sp³-hybridized carbons (Fsp3) is 0.760. The summed E-state index contributed by atoms with van der Waals surface area (Å²) in [5.41, 5.74) is 0.250. The summed E-state index contributed by atoms with van der Waals surface area (Å²) in [6.45, 7) is 2.45. The van der Waals surface area contributed by atoms with Gasteiger partial charge in [-0.15, -0.1) is 0 Å². The number of hydrogen-bond acceptors (Lipinski definition) is 5. The molecule has 2 rings (SSSR count). The number of aliphatic carboxylic acids is 1. The first-order valence-corrected chi connectivity index (χ1v) is 12.2. The van der Waals surface area contributed by atoms with Crippen LogP contribution >= 0.6 is 0 Å². The van der Waals surface area contributed by atoms with Crippen LogP contribution in [0, 0.1) is 5.92 Å². The van der Waals surface area contributed by atoms with E-state index in [9.17, 15) is 14.7 Å². The summed E-state index contributed by atoms with van der Waals surface area (Å²) in [6, 6.07) is 0. The molecule has 0 bridgehead atoms. The molecule has 0 aromatic rings. The Morgan fingerprint density at radius 1 is 1.30 bits per heavy atom. The smallest absolute Gasteiger partial charge is 0.303 e. The highest BCUT2D eigenvalue weighted by atomic mass is 19.3. The number of allylic oxidation sites excluding steroid dienone is 3. The molecular formula is C25H38F2O6. The number of carboxylic acid groups (broad SMARTS) is 1. The number of Topliss-reactive ketones (excluding diaryl/α,β-unsaturated/α-hetero) is 1. The second-order valence-electron chi connectivity index (χ2n) is 8.98. The van der Waals surface area contributed by atoms with E-state index in [0.29, 0.717) is 38.7 Å². The van der Waals surface area contributed by atoms with Crippen LogP contribution in [0.2, 0.25) is 0 Å². The molecule has 0 aromatic heterocycles. The van der Waals surface area contributed by atoms with Gasteiger partial charge in [-0.2, -0.15) is 0 Å². The zero-order valence-electron chi connectivity index (χ0n) is 19.5. The van der Waals surface area contributed by atoms with Crippen LogP contribution < -0.4 is 0 Å². The molecule has 4 atom stereocenters. The van der Waals surface area contributed by atoms with Crippen molar-refractivity contribution in [3.63, 3.8) is 0 Å². The first-order chi connectivity index (χ1) is 15.7. The Balaban J connectivity index is 2.01. The van der Waals surface area contributed by atoms with E-state index >= 15 is 8.78 Å². The summed E-state index contributed by atoms with van der Waals surface area (Å²) in [7, 11) is 0. The summed E-state index contributed by atoms with van der Waals surface area (Å²) in [4.78, 5) is 22.9. The number of carbonyl (C=O) groups excluding carboxylic acids is 1. The maximum atomic E-state index is 15.2. The molecule has 2 aliphatic rings.